The molecular formula is C12H19N3OS. The molecule has 17 heavy (non-hydrogen) atoms. The van der Waals surface area contributed by atoms with Gasteiger partial charge in [-0.25, -0.2) is 0 Å². The van der Waals surface area contributed by atoms with Crippen LogP contribution in [0.4, 0.5) is 0 Å². The number of ether oxygens (including phenoxy) is 1. The van der Waals surface area contributed by atoms with Crippen LogP contribution in [-0.2, 0) is 6.54 Å². The van der Waals surface area contributed by atoms with Gasteiger partial charge in [0.25, 0.3) is 0 Å². The Hall–Kier alpha value is -1.07. The molecule has 0 atom stereocenters. The molecule has 4 nitrogen and oxygen atoms in total. The van der Waals surface area contributed by atoms with E-state index < -0.39 is 0 Å². The van der Waals surface area contributed by atoms with E-state index >= 15 is 0 Å². The van der Waals surface area contributed by atoms with Crippen molar-refractivity contribution in [1.29, 1.82) is 0 Å². The fourth-order valence-corrected chi connectivity index (χ4v) is 2.46. The molecule has 0 aliphatic heterocycles. The molecule has 2 aromatic rings. The molecular weight excluding hydrogens is 234 g/mol. The molecule has 0 saturated carbocycles. The van der Waals surface area contributed by atoms with Crippen LogP contribution >= 0.6 is 11.3 Å². The lowest BCUT2D eigenvalue weighted by Crippen LogP contribution is -2.17. The highest BCUT2D eigenvalue weighted by Crippen LogP contribution is 2.22. The minimum atomic E-state index is 0.730. The number of aromatic nitrogens is 2. The van der Waals surface area contributed by atoms with Crippen molar-refractivity contribution in [2.24, 2.45) is 5.92 Å². The molecule has 0 unspecified atom stereocenters. The van der Waals surface area contributed by atoms with Crippen LogP contribution in [0.25, 0.3) is 4.96 Å². The Morgan fingerprint density at radius 1 is 1.53 bits per heavy atom. The third-order valence-corrected chi connectivity index (χ3v) is 3.47. The van der Waals surface area contributed by atoms with Crippen LogP contribution in [0.15, 0.2) is 11.6 Å². The fraction of sp³-hybridized carbons (Fsp3) is 0.583. The topological polar surface area (TPSA) is 38.6 Å². The molecule has 0 amide bonds. The van der Waals surface area contributed by atoms with Gasteiger partial charge in [0.15, 0.2) is 4.96 Å². The average Bonchev–Trinajstić information content (AvgIpc) is 2.84. The van der Waals surface area contributed by atoms with Crippen LogP contribution in [0, 0.1) is 5.92 Å². The summed E-state index contributed by atoms with van der Waals surface area (Å²) < 4.78 is 7.39. The highest BCUT2D eigenvalue weighted by Gasteiger charge is 2.12. The Balaban J connectivity index is 2.03. The van der Waals surface area contributed by atoms with Crippen molar-refractivity contribution in [3.05, 3.63) is 17.3 Å². The number of imidazole rings is 1. The molecule has 2 aromatic heterocycles. The molecule has 0 fully saturated rings. The lowest BCUT2D eigenvalue weighted by molar-refractivity contribution is 0.392. The lowest BCUT2D eigenvalue weighted by atomic mass is 10.1. The Labute approximate surface area is 106 Å². The van der Waals surface area contributed by atoms with Gasteiger partial charge < -0.3 is 10.1 Å². The number of methoxy groups -OCH3 is 1. The molecule has 0 aliphatic carbocycles. The van der Waals surface area contributed by atoms with Crippen LogP contribution in [0.2, 0.25) is 0 Å². The van der Waals surface area contributed by atoms with E-state index in [9.17, 15) is 0 Å². The summed E-state index contributed by atoms with van der Waals surface area (Å²) in [6, 6.07) is 0. The average molecular weight is 253 g/mol. The predicted molar refractivity (Wildman–Crippen MR) is 70.8 cm³/mol. The fourth-order valence-electron chi connectivity index (χ4n) is 1.73. The van der Waals surface area contributed by atoms with Gasteiger partial charge in [0, 0.05) is 18.1 Å². The van der Waals surface area contributed by atoms with Gasteiger partial charge in [-0.1, -0.05) is 13.8 Å². The lowest BCUT2D eigenvalue weighted by Gasteiger charge is -2.07. The molecule has 0 radical (unpaired) electrons. The van der Waals surface area contributed by atoms with Gasteiger partial charge in [-0.15, -0.1) is 11.3 Å². The van der Waals surface area contributed by atoms with Gasteiger partial charge in [-0.3, -0.25) is 4.40 Å². The van der Waals surface area contributed by atoms with Crippen LogP contribution in [-0.4, -0.2) is 23.0 Å². The summed E-state index contributed by atoms with van der Waals surface area (Å²) >= 11 is 1.63. The van der Waals surface area contributed by atoms with E-state index in [0.717, 1.165) is 35.5 Å². The highest BCUT2D eigenvalue weighted by molar-refractivity contribution is 7.15. The Morgan fingerprint density at radius 2 is 2.35 bits per heavy atom. The van der Waals surface area contributed by atoms with Gasteiger partial charge in [0.1, 0.15) is 5.69 Å². The second-order valence-corrected chi connectivity index (χ2v) is 5.36. The van der Waals surface area contributed by atoms with Gasteiger partial charge in [-0.2, -0.15) is 4.98 Å². The Bertz CT molecular complexity index is 475. The molecule has 2 heterocycles. The largest absolute Gasteiger partial charge is 0.480 e. The van der Waals surface area contributed by atoms with Crippen molar-refractivity contribution in [3.63, 3.8) is 0 Å². The van der Waals surface area contributed by atoms with Crippen molar-refractivity contribution < 1.29 is 4.74 Å². The molecule has 94 valence electrons. The van der Waals surface area contributed by atoms with Crippen LogP contribution < -0.4 is 10.1 Å². The summed E-state index contributed by atoms with van der Waals surface area (Å²) in [7, 11) is 1.67. The first-order valence-corrected chi connectivity index (χ1v) is 6.79. The van der Waals surface area contributed by atoms with Gasteiger partial charge in [0.2, 0.25) is 5.88 Å². The van der Waals surface area contributed by atoms with E-state index in [1.54, 1.807) is 18.4 Å². The minimum absolute atomic E-state index is 0.730. The number of thiazole rings is 1. The molecule has 0 saturated heterocycles. The predicted octanol–water partition coefficient (Wildman–Crippen LogP) is 2.54. The molecule has 0 bridgehead atoms. The number of rotatable bonds is 6. The number of hydrogen-bond donors (Lipinski definition) is 1. The first-order chi connectivity index (χ1) is 8.22. The summed E-state index contributed by atoms with van der Waals surface area (Å²) in [6.45, 7) is 6.29. The van der Waals surface area contributed by atoms with Crippen molar-refractivity contribution in [2.45, 2.75) is 26.8 Å². The number of nitrogens with zero attached hydrogens (tertiary/aromatic N) is 2. The standard InChI is InChI=1S/C12H19N3OS/c1-9(2)4-5-13-8-10-11(16-3)14-12-15(10)6-7-17-12/h6-7,9,13H,4-5,8H2,1-3H3. The molecule has 2 rings (SSSR count). The minimum Gasteiger partial charge on any atom is -0.480 e. The van der Waals surface area contributed by atoms with Crippen molar-refractivity contribution in [1.82, 2.24) is 14.7 Å². The Kier molecular flexibility index (Phi) is 4.02. The molecule has 1 N–H and O–H groups in total. The molecule has 5 heteroatoms. The maximum Gasteiger partial charge on any atom is 0.237 e. The van der Waals surface area contributed by atoms with E-state index in [0.29, 0.717) is 0 Å². The number of hydrogen-bond acceptors (Lipinski definition) is 4. The monoisotopic (exact) mass is 253 g/mol. The second-order valence-electron chi connectivity index (χ2n) is 4.48. The molecule has 0 aliphatic rings. The van der Waals surface area contributed by atoms with Crippen LogP contribution in [0.1, 0.15) is 26.0 Å². The number of nitrogens with one attached hydrogen (secondary N) is 1. The van der Waals surface area contributed by atoms with E-state index in [4.69, 9.17) is 4.74 Å². The normalized spacial score (nSPS) is 11.5. The van der Waals surface area contributed by atoms with Crippen molar-refractivity contribution >= 4 is 16.3 Å². The zero-order valence-corrected chi connectivity index (χ0v) is 11.4. The van der Waals surface area contributed by atoms with Crippen LogP contribution in [0.5, 0.6) is 5.88 Å². The van der Waals surface area contributed by atoms with Crippen molar-refractivity contribution in [3.8, 4) is 5.88 Å². The smallest absolute Gasteiger partial charge is 0.237 e. The first kappa shape index (κ1) is 12.4. The maximum atomic E-state index is 5.30. The maximum absolute atomic E-state index is 5.30. The van der Waals surface area contributed by atoms with E-state index in [1.165, 1.54) is 6.42 Å². The van der Waals surface area contributed by atoms with E-state index in [-0.39, 0.29) is 0 Å². The highest BCUT2D eigenvalue weighted by atomic mass is 32.1. The van der Waals surface area contributed by atoms with E-state index in [1.807, 2.05) is 11.6 Å². The summed E-state index contributed by atoms with van der Waals surface area (Å²) in [4.78, 5) is 5.41. The van der Waals surface area contributed by atoms with E-state index in [2.05, 4.69) is 28.5 Å². The quantitative estimate of drug-likeness (QED) is 0.804. The van der Waals surface area contributed by atoms with Crippen LogP contribution in [0.3, 0.4) is 0 Å². The molecule has 0 spiro atoms. The van der Waals surface area contributed by atoms with Gasteiger partial charge in [0.05, 0.1) is 7.11 Å². The molecule has 0 aromatic carbocycles. The summed E-state index contributed by atoms with van der Waals surface area (Å²) in [5.74, 6) is 1.46. The zero-order valence-electron chi connectivity index (χ0n) is 10.6. The SMILES string of the molecule is COc1nc2sccn2c1CNCCC(C)C. The zero-order chi connectivity index (χ0) is 12.3. The first-order valence-electron chi connectivity index (χ1n) is 5.91. The summed E-state index contributed by atoms with van der Waals surface area (Å²) in [5.41, 5.74) is 1.10. The summed E-state index contributed by atoms with van der Waals surface area (Å²) in [6.07, 6.45) is 3.23. The van der Waals surface area contributed by atoms with Gasteiger partial charge in [-0.05, 0) is 18.9 Å². The summed E-state index contributed by atoms with van der Waals surface area (Å²) in [5, 5.41) is 5.48. The number of fused-ring (bicyclic) bond motifs is 1. The third kappa shape index (κ3) is 2.79. The van der Waals surface area contributed by atoms with Gasteiger partial charge >= 0.3 is 0 Å². The third-order valence-electron chi connectivity index (χ3n) is 2.71. The second kappa shape index (κ2) is 5.51. The van der Waals surface area contributed by atoms with Crippen molar-refractivity contribution in [2.75, 3.05) is 13.7 Å². The Morgan fingerprint density at radius 3 is 3.06 bits per heavy atom.